The van der Waals surface area contributed by atoms with E-state index in [1.165, 1.54) is 4.90 Å². The summed E-state index contributed by atoms with van der Waals surface area (Å²) in [6.07, 6.45) is 0.953. The van der Waals surface area contributed by atoms with E-state index in [9.17, 15) is 22.8 Å². The molecular weight excluding hydrogens is 385 g/mol. The van der Waals surface area contributed by atoms with Crippen LogP contribution in [0.1, 0.15) is 37.7 Å². The molecule has 0 saturated heterocycles. The predicted molar refractivity (Wildman–Crippen MR) is 102 cm³/mol. The van der Waals surface area contributed by atoms with Gasteiger partial charge in [-0.3, -0.25) is 14.5 Å². The number of pyridine rings is 1. The van der Waals surface area contributed by atoms with Gasteiger partial charge in [0.1, 0.15) is 11.5 Å². The number of aromatic amines is 1. The molecular formula is C20H21F3N4O2. The third-order valence-corrected chi connectivity index (χ3v) is 5.36. The summed E-state index contributed by atoms with van der Waals surface area (Å²) in [6.45, 7) is 0.641. The number of H-pyrrole nitrogens is 1. The third kappa shape index (κ3) is 4.28. The number of nitrogens with zero attached hydrogens (tertiary/aromatic N) is 3. The van der Waals surface area contributed by atoms with Crippen molar-refractivity contribution < 1.29 is 22.8 Å². The van der Waals surface area contributed by atoms with Crippen molar-refractivity contribution in [1.29, 1.82) is 0 Å². The summed E-state index contributed by atoms with van der Waals surface area (Å²) in [5, 5.41) is 0.915. The second kappa shape index (κ2) is 7.53. The minimum absolute atomic E-state index is 0.183. The molecule has 0 unspecified atom stereocenters. The van der Waals surface area contributed by atoms with Gasteiger partial charge in [-0.05, 0) is 42.5 Å². The number of alkyl halides is 3. The number of hydrogen-bond donors (Lipinski definition) is 1. The second-order valence-corrected chi connectivity index (χ2v) is 7.45. The van der Waals surface area contributed by atoms with Crippen LogP contribution in [0.4, 0.5) is 19.0 Å². The molecule has 1 N–H and O–H groups in total. The smallest absolute Gasteiger partial charge is 0.346 e. The highest BCUT2D eigenvalue weighted by molar-refractivity contribution is 5.93. The lowest BCUT2D eigenvalue weighted by molar-refractivity contribution is -0.148. The second-order valence-electron chi connectivity index (χ2n) is 7.45. The molecule has 154 valence electrons. The van der Waals surface area contributed by atoms with Crippen LogP contribution in [-0.2, 0) is 9.59 Å². The number of carbonyl (C=O) groups excluding carboxylic acids is 2. The number of rotatable bonds is 6. The van der Waals surface area contributed by atoms with Crippen LogP contribution in [0.2, 0.25) is 0 Å². The molecule has 9 heteroatoms. The Hall–Kier alpha value is -2.84. The molecule has 3 heterocycles. The highest BCUT2D eigenvalue weighted by Gasteiger charge is 2.31. The molecule has 2 aliphatic rings. The van der Waals surface area contributed by atoms with E-state index >= 15 is 0 Å². The molecule has 0 bridgehead atoms. The first kappa shape index (κ1) is 19.5. The summed E-state index contributed by atoms with van der Waals surface area (Å²) in [6, 6.07) is 3.98. The van der Waals surface area contributed by atoms with Crippen molar-refractivity contribution in [2.45, 2.75) is 44.3 Å². The molecule has 6 nitrogen and oxygen atoms in total. The Balaban J connectivity index is 1.55. The summed E-state index contributed by atoms with van der Waals surface area (Å²) in [5.74, 6) is 0.0951. The molecule has 0 radical (unpaired) electrons. The number of nitrogens with one attached hydrogen (secondary N) is 1. The van der Waals surface area contributed by atoms with Crippen molar-refractivity contribution >= 4 is 34.7 Å². The van der Waals surface area contributed by atoms with Crippen molar-refractivity contribution in [2.75, 3.05) is 18.0 Å². The molecule has 1 fully saturated rings. The van der Waals surface area contributed by atoms with Gasteiger partial charge in [0.2, 0.25) is 12.3 Å². The van der Waals surface area contributed by atoms with Gasteiger partial charge in [0.15, 0.2) is 0 Å². The first-order valence-corrected chi connectivity index (χ1v) is 9.61. The lowest BCUT2D eigenvalue weighted by Gasteiger charge is -2.27. The molecule has 4 rings (SSSR count). The van der Waals surface area contributed by atoms with Crippen LogP contribution in [0.5, 0.6) is 0 Å². The average molecular weight is 406 g/mol. The minimum Gasteiger partial charge on any atom is -0.346 e. The van der Waals surface area contributed by atoms with Crippen LogP contribution in [-0.4, -0.2) is 52.5 Å². The Morgan fingerprint density at radius 2 is 2.17 bits per heavy atom. The minimum atomic E-state index is -4.33. The van der Waals surface area contributed by atoms with E-state index in [1.54, 1.807) is 11.1 Å². The van der Waals surface area contributed by atoms with Gasteiger partial charge >= 0.3 is 6.18 Å². The maximum absolute atomic E-state index is 12.4. The zero-order chi connectivity index (χ0) is 20.6. The quantitative estimate of drug-likeness (QED) is 0.745. The number of aromatic nitrogens is 2. The summed E-state index contributed by atoms with van der Waals surface area (Å²) in [7, 11) is 0. The van der Waals surface area contributed by atoms with Gasteiger partial charge in [-0.15, -0.1) is 0 Å². The maximum atomic E-state index is 12.4. The Morgan fingerprint density at radius 3 is 2.79 bits per heavy atom. The molecule has 0 aromatic carbocycles. The van der Waals surface area contributed by atoms with Crippen LogP contribution in [0.15, 0.2) is 24.4 Å². The van der Waals surface area contributed by atoms with Gasteiger partial charge in [0, 0.05) is 37.1 Å². The van der Waals surface area contributed by atoms with Crippen molar-refractivity contribution in [3.05, 3.63) is 30.0 Å². The van der Waals surface area contributed by atoms with Gasteiger partial charge in [-0.25, -0.2) is 4.98 Å². The normalized spacial score (nSPS) is 17.3. The topological polar surface area (TPSA) is 69.3 Å². The van der Waals surface area contributed by atoms with Gasteiger partial charge in [-0.2, -0.15) is 13.2 Å². The molecule has 1 saturated carbocycles. The molecule has 2 aromatic heterocycles. The van der Waals surface area contributed by atoms with Crippen LogP contribution < -0.4 is 4.90 Å². The van der Waals surface area contributed by atoms with Gasteiger partial charge in [-0.1, -0.05) is 6.08 Å². The third-order valence-electron chi connectivity index (χ3n) is 5.36. The number of amides is 2. The Morgan fingerprint density at radius 1 is 1.38 bits per heavy atom. The van der Waals surface area contributed by atoms with E-state index in [1.807, 2.05) is 18.2 Å². The molecule has 0 atom stereocenters. The van der Waals surface area contributed by atoms with Crippen molar-refractivity contribution in [3.8, 4) is 0 Å². The SMILES string of the molecule is O=CN(c1cc(C2=CCN(C(=O)CCC(F)(F)F)CC2)c2cc[nH]c2n1)C1CC1. The lowest BCUT2D eigenvalue weighted by Crippen LogP contribution is -2.35. The first-order valence-electron chi connectivity index (χ1n) is 9.61. The number of halogens is 3. The molecule has 2 amide bonds. The van der Waals surface area contributed by atoms with Gasteiger partial charge in [0.25, 0.3) is 0 Å². The largest absolute Gasteiger partial charge is 0.389 e. The van der Waals surface area contributed by atoms with E-state index in [0.717, 1.165) is 35.8 Å². The predicted octanol–water partition coefficient (Wildman–Crippen LogP) is 3.65. The van der Waals surface area contributed by atoms with E-state index in [2.05, 4.69) is 9.97 Å². The number of hydrogen-bond acceptors (Lipinski definition) is 3. The van der Waals surface area contributed by atoms with Crippen LogP contribution in [0.25, 0.3) is 16.6 Å². The maximum Gasteiger partial charge on any atom is 0.389 e. The highest BCUT2D eigenvalue weighted by atomic mass is 19.4. The van der Waals surface area contributed by atoms with Crippen LogP contribution in [0.3, 0.4) is 0 Å². The van der Waals surface area contributed by atoms with E-state index < -0.39 is 24.9 Å². The van der Waals surface area contributed by atoms with E-state index in [4.69, 9.17) is 0 Å². The van der Waals surface area contributed by atoms with Crippen LogP contribution >= 0.6 is 0 Å². The van der Waals surface area contributed by atoms with Crippen molar-refractivity contribution in [2.24, 2.45) is 0 Å². The molecule has 0 spiro atoms. The molecule has 1 aliphatic carbocycles. The fourth-order valence-corrected chi connectivity index (χ4v) is 3.65. The van der Waals surface area contributed by atoms with E-state index in [-0.39, 0.29) is 12.6 Å². The molecule has 2 aromatic rings. The lowest BCUT2D eigenvalue weighted by atomic mass is 9.97. The number of anilines is 1. The van der Waals surface area contributed by atoms with Gasteiger partial charge < -0.3 is 9.88 Å². The summed E-state index contributed by atoms with van der Waals surface area (Å²) in [4.78, 5) is 34.3. The van der Waals surface area contributed by atoms with Gasteiger partial charge in [0.05, 0.1) is 6.42 Å². The van der Waals surface area contributed by atoms with Crippen molar-refractivity contribution in [3.63, 3.8) is 0 Å². The first-order chi connectivity index (χ1) is 13.9. The van der Waals surface area contributed by atoms with Crippen molar-refractivity contribution in [1.82, 2.24) is 14.9 Å². The Kier molecular flexibility index (Phi) is 5.06. The fourth-order valence-electron chi connectivity index (χ4n) is 3.65. The Labute approximate surface area is 165 Å². The summed E-state index contributed by atoms with van der Waals surface area (Å²) < 4.78 is 37.1. The van der Waals surface area contributed by atoms with Crippen LogP contribution in [0, 0.1) is 0 Å². The number of fused-ring (bicyclic) bond motifs is 1. The fraction of sp³-hybridized carbons (Fsp3) is 0.450. The monoisotopic (exact) mass is 406 g/mol. The summed E-state index contributed by atoms with van der Waals surface area (Å²) in [5.41, 5.74) is 2.61. The number of carbonyl (C=O) groups is 2. The standard InChI is InChI=1S/C20H21F3N4O2/c21-20(22,23)7-3-18(29)26-9-5-13(6-10-26)16-11-17(27(12-28)14-1-2-14)25-19-15(16)4-8-24-19/h4-5,8,11-12,14H,1-3,6-7,9-10H2,(H,24,25). The zero-order valence-electron chi connectivity index (χ0n) is 15.7. The Bertz CT molecular complexity index is 962. The molecule has 29 heavy (non-hydrogen) atoms. The van der Waals surface area contributed by atoms with E-state index in [0.29, 0.717) is 24.4 Å². The highest BCUT2D eigenvalue weighted by Crippen LogP contribution is 2.35. The summed E-state index contributed by atoms with van der Waals surface area (Å²) >= 11 is 0. The molecule has 1 aliphatic heterocycles. The average Bonchev–Trinajstić information content (AvgIpc) is 3.41. The zero-order valence-corrected chi connectivity index (χ0v) is 15.7.